The van der Waals surface area contributed by atoms with E-state index in [0.29, 0.717) is 0 Å². The Balaban J connectivity index is 3.05. The van der Waals surface area contributed by atoms with E-state index in [1.165, 1.54) is 6.07 Å². The van der Waals surface area contributed by atoms with Crippen molar-refractivity contribution >= 4 is 7.60 Å². The lowest BCUT2D eigenvalue weighted by Crippen LogP contribution is -2.15. The van der Waals surface area contributed by atoms with Gasteiger partial charge in [-0.1, -0.05) is 6.07 Å². The van der Waals surface area contributed by atoms with Gasteiger partial charge in [-0.25, -0.2) is 8.78 Å². The molecule has 0 saturated heterocycles. The van der Waals surface area contributed by atoms with E-state index in [-0.39, 0.29) is 18.8 Å². The molecule has 0 aliphatic rings. The minimum absolute atomic E-state index is 0.147. The van der Waals surface area contributed by atoms with Gasteiger partial charge in [0.15, 0.2) is 11.6 Å². The summed E-state index contributed by atoms with van der Waals surface area (Å²) in [6.07, 6.45) is 0. The van der Waals surface area contributed by atoms with Gasteiger partial charge in [-0.3, -0.25) is 4.57 Å². The van der Waals surface area contributed by atoms with Crippen LogP contribution in [0.3, 0.4) is 0 Å². The van der Waals surface area contributed by atoms with Crippen LogP contribution in [0.1, 0.15) is 25.2 Å². The monoisotopic (exact) mass is 279 g/mol. The molecule has 1 aromatic carbocycles. The summed E-state index contributed by atoms with van der Waals surface area (Å²) in [5.74, 6) is -3.19. The highest BCUT2D eigenvalue weighted by Crippen LogP contribution is 2.58. The fourth-order valence-corrected chi connectivity index (χ4v) is 3.08. The van der Waals surface area contributed by atoms with Crippen molar-refractivity contribution in [2.45, 2.75) is 19.6 Å². The third kappa shape index (κ3) is 3.36. The lowest BCUT2D eigenvalue weighted by molar-refractivity contribution is 0.212. The molecule has 0 aliphatic carbocycles. The van der Waals surface area contributed by atoms with Crippen LogP contribution >= 0.6 is 7.60 Å². The number of hydrogen-bond acceptors (Lipinski definition) is 4. The molecular formula is C11H16F2NO3P. The first-order valence-corrected chi connectivity index (χ1v) is 7.15. The van der Waals surface area contributed by atoms with Gasteiger partial charge < -0.3 is 14.8 Å². The molecule has 0 saturated carbocycles. The van der Waals surface area contributed by atoms with Gasteiger partial charge in [-0.2, -0.15) is 0 Å². The van der Waals surface area contributed by atoms with E-state index < -0.39 is 25.0 Å². The zero-order valence-electron chi connectivity index (χ0n) is 10.2. The van der Waals surface area contributed by atoms with Crippen LogP contribution in [0.2, 0.25) is 0 Å². The summed E-state index contributed by atoms with van der Waals surface area (Å²) in [5.41, 5.74) is 5.93. The van der Waals surface area contributed by atoms with E-state index in [4.69, 9.17) is 14.8 Å². The molecule has 0 heterocycles. The zero-order chi connectivity index (χ0) is 13.8. The second-order valence-electron chi connectivity index (χ2n) is 3.49. The van der Waals surface area contributed by atoms with E-state index in [0.717, 1.165) is 12.1 Å². The fourth-order valence-electron chi connectivity index (χ4n) is 1.44. The largest absolute Gasteiger partial charge is 0.351 e. The van der Waals surface area contributed by atoms with Crippen molar-refractivity contribution in [3.8, 4) is 0 Å². The van der Waals surface area contributed by atoms with Gasteiger partial charge in [0.1, 0.15) is 5.78 Å². The molecule has 2 N–H and O–H groups in total. The Kier molecular flexibility index (Phi) is 5.41. The second kappa shape index (κ2) is 6.38. The quantitative estimate of drug-likeness (QED) is 0.812. The van der Waals surface area contributed by atoms with Crippen molar-refractivity contribution in [3.05, 3.63) is 35.4 Å². The molecule has 7 heteroatoms. The molecule has 0 fully saturated rings. The van der Waals surface area contributed by atoms with Crippen molar-refractivity contribution in [2.24, 2.45) is 5.73 Å². The van der Waals surface area contributed by atoms with Gasteiger partial charge in [0.25, 0.3) is 0 Å². The predicted molar refractivity (Wildman–Crippen MR) is 64.1 cm³/mol. The molecule has 0 aliphatic heterocycles. The average molecular weight is 279 g/mol. The number of halogens is 2. The molecule has 1 rings (SSSR count). The summed E-state index contributed by atoms with van der Waals surface area (Å²) in [7, 11) is -3.58. The van der Waals surface area contributed by atoms with Crippen LogP contribution in [-0.4, -0.2) is 13.2 Å². The molecule has 102 valence electrons. The lowest BCUT2D eigenvalue weighted by atomic mass is 10.2. The molecule has 0 unspecified atom stereocenters. The normalized spacial score (nSPS) is 13.6. The number of benzene rings is 1. The maximum absolute atomic E-state index is 13.1. The third-order valence-corrected chi connectivity index (χ3v) is 4.46. The first-order valence-electron chi connectivity index (χ1n) is 5.54. The van der Waals surface area contributed by atoms with Gasteiger partial charge >= 0.3 is 7.60 Å². The minimum atomic E-state index is -3.58. The Morgan fingerprint density at radius 2 is 1.78 bits per heavy atom. The maximum atomic E-state index is 13.1. The van der Waals surface area contributed by atoms with Crippen molar-refractivity contribution in [3.63, 3.8) is 0 Å². The Labute approximate surface area is 105 Å². The highest BCUT2D eigenvalue weighted by Gasteiger charge is 2.34. The second-order valence-corrected chi connectivity index (χ2v) is 5.65. The highest BCUT2D eigenvalue weighted by molar-refractivity contribution is 7.54. The van der Waals surface area contributed by atoms with Gasteiger partial charge in [0, 0.05) is 0 Å². The maximum Gasteiger partial charge on any atom is 0.351 e. The molecule has 0 spiro atoms. The van der Waals surface area contributed by atoms with Crippen LogP contribution in [0.25, 0.3) is 0 Å². The Bertz CT molecular complexity index is 446. The lowest BCUT2D eigenvalue weighted by Gasteiger charge is -2.23. The molecule has 18 heavy (non-hydrogen) atoms. The van der Waals surface area contributed by atoms with E-state index in [2.05, 4.69) is 0 Å². The van der Waals surface area contributed by atoms with E-state index >= 15 is 0 Å². The number of nitrogens with two attached hydrogens (primary N) is 1. The van der Waals surface area contributed by atoms with Crippen LogP contribution in [-0.2, 0) is 13.6 Å². The van der Waals surface area contributed by atoms with Crippen LogP contribution in [0, 0.1) is 11.6 Å². The standard InChI is InChI=1S/C11H16F2NO3P/c1-3-16-18(15,17-4-2)11(14)8-5-6-9(12)10(13)7-8/h5-7,11H,3-4,14H2,1-2H3/t11-/m0/s1. The van der Waals surface area contributed by atoms with Gasteiger partial charge in [0.2, 0.25) is 0 Å². The van der Waals surface area contributed by atoms with Crippen LogP contribution < -0.4 is 5.73 Å². The molecule has 0 aromatic heterocycles. The van der Waals surface area contributed by atoms with E-state index in [1.807, 2.05) is 0 Å². The molecule has 0 radical (unpaired) electrons. The summed E-state index contributed by atoms with van der Waals surface area (Å²) in [6.45, 7) is 3.58. The minimum Gasteiger partial charge on any atom is -0.314 e. The van der Waals surface area contributed by atoms with Gasteiger partial charge in [-0.05, 0) is 31.5 Å². The van der Waals surface area contributed by atoms with Crippen molar-refractivity contribution in [1.29, 1.82) is 0 Å². The number of rotatable bonds is 6. The van der Waals surface area contributed by atoms with Crippen molar-refractivity contribution in [1.82, 2.24) is 0 Å². The Morgan fingerprint density at radius 1 is 1.22 bits per heavy atom. The van der Waals surface area contributed by atoms with Crippen molar-refractivity contribution < 1.29 is 22.4 Å². The molecule has 1 atom stereocenters. The Morgan fingerprint density at radius 3 is 2.22 bits per heavy atom. The third-order valence-electron chi connectivity index (χ3n) is 2.24. The smallest absolute Gasteiger partial charge is 0.314 e. The summed E-state index contributed by atoms with van der Waals surface area (Å²) in [6, 6.07) is 3.07. The summed E-state index contributed by atoms with van der Waals surface area (Å²) < 4.78 is 48.3. The molecule has 1 aromatic rings. The topological polar surface area (TPSA) is 61.5 Å². The summed E-state index contributed by atoms with van der Waals surface area (Å²) in [5, 5.41) is 0. The highest BCUT2D eigenvalue weighted by atomic mass is 31.2. The van der Waals surface area contributed by atoms with Crippen LogP contribution in [0.4, 0.5) is 8.78 Å². The van der Waals surface area contributed by atoms with Gasteiger partial charge in [-0.15, -0.1) is 0 Å². The zero-order valence-corrected chi connectivity index (χ0v) is 11.1. The van der Waals surface area contributed by atoms with Crippen LogP contribution in [0.5, 0.6) is 0 Å². The molecule has 0 amide bonds. The Hall–Kier alpha value is -0.810. The first-order chi connectivity index (χ1) is 8.44. The number of hydrogen-bond donors (Lipinski definition) is 1. The van der Waals surface area contributed by atoms with Gasteiger partial charge in [0.05, 0.1) is 13.2 Å². The van der Waals surface area contributed by atoms with E-state index in [9.17, 15) is 13.3 Å². The summed E-state index contributed by atoms with van der Waals surface area (Å²) in [4.78, 5) is 0. The summed E-state index contributed by atoms with van der Waals surface area (Å²) >= 11 is 0. The SMILES string of the molecule is CCOP(=O)(OCC)[C@H](N)c1ccc(F)c(F)c1. The fraction of sp³-hybridized carbons (Fsp3) is 0.455. The molecular weight excluding hydrogens is 263 g/mol. The predicted octanol–water partition coefficient (Wildman–Crippen LogP) is 3.19. The first kappa shape index (κ1) is 15.2. The van der Waals surface area contributed by atoms with Crippen molar-refractivity contribution in [2.75, 3.05) is 13.2 Å². The molecule has 0 bridgehead atoms. The average Bonchev–Trinajstić information content (AvgIpc) is 2.32. The van der Waals surface area contributed by atoms with E-state index in [1.54, 1.807) is 13.8 Å². The molecule has 4 nitrogen and oxygen atoms in total. The van der Waals surface area contributed by atoms with Crippen LogP contribution in [0.15, 0.2) is 18.2 Å².